The summed E-state index contributed by atoms with van der Waals surface area (Å²) >= 11 is 0. The molecule has 0 spiro atoms. The molecule has 0 saturated carbocycles. The molecule has 17 heavy (non-hydrogen) atoms. The minimum atomic E-state index is 0.502. The van der Waals surface area contributed by atoms with Crippen molar-refractivity contribution in [3.63, 3.8) is 0 Å². The van der Waals surface area contributed by atoms with E-state index in [-0.39, 0.29) is 0 Å². The lowest BCUT2D eigenvalue weighted by molar-refractivity contribution is 0.325. The van der Waals surface area contributed by atoms with Crippen molar-refractivity contribution < 1.29 is 4.74 Å². The molecule has 0 fully saturated rings. The summed E-state index contributed by atoms with van der Waals surface area (Å²) in [5.74, 6) is 1.45. The molecule has 0 aliphatic carbocycles. The Labute approximate surface area is 105 Å². The number of ether oxygens (including phenoxy) is 1. The number of benzene rings is 1. The number of hydrogen-bond donors (Lipinski definition) is 1. The maximum atomic E-state index is 5.81. The zero-order chi connectivity index (χ0) is 12.7. The summed E-state index contributed by atoms with van der Waals surface area (Å²) in [7, 11) is 4.17. The first-order chi connectivity index (χ1) is 8.15. The monoisotopic (exact) mass is 236 g/mol. The van der Waals surface area contributed by atoms with Crippen LogP contribution >= 0.6 is 0 Å². The minimum absolute atomic E-state index is 0.502. The van der Waals surface area contributed by atoms with Crippen molar-refractivity contribution in [2.45, 2.75) is 13.3 Å². The molecule has 1 aromatic rings. The number of nitrogens with two attached hydrogens (primary N) is 1. The predicted molar refractivity (Wildman–Crippen MR) is 72.4 cm³/mol. The van der Waals surface area contributed by atoms with E-state index in [0.717, 1.165) is 25.3 Å². The van der Waals surface area contributed by atoms with Gasteiger partial charge in [-0.05, 0) is 57.6 Å². The first-order valence-corrected chi connectivity index (χ1v) is 6.22. The molecular weight excluding hydrogens is 212 g/mol. The number of hydrogen-bond acceptors (Lipinski definition) is 3. The van der Waals surface area contributed by atoms with E-state index in [1.165, 1.54) is 5.56 Å². The Morgan fingerprint density at radius 1 is 1.35 bits per heavy atom. The van der Waals surface area contributed by atoms with Crippen LogP contribution in [0.3, 0.4) is 0 Å². The molecule has 0 bridgehead atoms. The van der Waals surface area contributed by atoms with Crippen molar-refractivity contribution in [1.29, 1.82) is 0 Å². The third-order valence-electron chi connectivity index (χ3n) is 2.69. The topological polar surface area (TPSA) is 38.5 Å². The van der Waals surface area contributed by atoms with E-state index in [4.69, 9.17) is 10.5 Å². The average Bonchev–Trinajstić information content (AvgIpc) is 2.28. The second-order valence-corrected chi connectivity index (χ2v) is 4.65. The minimum Gasteiger partial charge on any atom is -0.494 e. The number of nitrogens with zero attached hydrogens (tertiary/aromatic N) is 1. The van der Waals surface area contributed by atoms with E-state index in [9.17, 15) is 0 Å². The van der Waals surface area contributed by atoms with Gasteiger partial charge in [0.15, 0.2) is 0 Å². The van der Waals surface area contributed by atoms with Crippen LogP contribution < -0.4 is 10.5 Å². The van der Waals surface area contributed by atoms with Crippen LogP contribution in [0.5, 0.6) is 5.75 Å². The molecule has 1 rings (SSSR count). The van der Waals surface area contributed by atoms with Gasteiger partial charge < -0.3 is 15.4 Å². The van der Waals surface area contributed by atoms with Crippen molar-refractivity contribution in [3.8, 4) is 5.75 Å². The van der Waals surface area contributed by atoms with Crippen molar-refractivity contribution >= 4 is 0 Å². The normalized spacial score (nSPS) is 12.8. The van der Waals surface area contributed by atoms with Crippen molar-refractivity contribution in [3.05, 3.63) is 29.8 Å². The lowest BCUT2D eigenvalue weighted by atomic mass is 9.99. The standard InChI is InChI=1S/C14H24N2O/c1-4-17-14-7-5-6-12(9-14)8-13(10-15)11-16(2)3/h5-7,9,13H,4,8,10-11,15H2,1-3H3. The molecule has 0 radical (unpaired) electrons. The van der Waals surface area contributed by atoms with Crippen molar-refractivity contribution in [2.75, 3.05) is 33.8 Å². The van der Waals surface area contributed by atoms with Gasteiger partial charge in [-0.2, -0.15) is 0 Å². The van der Waals surface area contributed by atoms with Crippen molar-refractivity contribution in [1.82, 2.24) is 4.90 Å². The molecule has 0 aromatic heterocycles. The third kappa shape index (κ3) is 5.20. The summed E-state index contributed by atoms with van der Waals surface area (Å²) in [6.07, 6.45) is 1.01. The largest absolute Gasteiger partial charge is 0.494 e. The molecule has 0 aliphatic heterocycles. The van der Waals surface area contributed by atoms with E-state index in [1.807, 2.05) is 19.1 Å². The maximum Gasteiger partial charge on any atom is 0.119 e. The summed E-state index contributed by atoms with van der Waals surface area (Å²) < 4.78 is 5.50. The molecule has 3 heteroatoms. The first kappa shape index (κ1) is 14.0. The number of rotatable bonds is 7. The van der Waals surface area contributed by atoms with E-state index in [0.29, 0.717) is 12.5 Å². The molecule has 0 aliphatic rings. The van der Waals surface area contributed by atoms with Gasteiger partial charge in [0.1, 0.15) is 5.75 Å². The maximum absolute atomic E-state index is 5.81. The zero-order valence-electron chi connectivity index (χ0n) is 11.1. The highest BCUT2D eigenvalue weighted by Crippen LogP contribution is 2.16. The van der Waals surface area contributed by atoms with Crippen LogP contribution in [0.2, 0.25) is 0 Å². The van der Waals surface area contributed by atoms with Gasteiger partial charge in [0.2, 0.25) is 0 Å². The Bertz CT molecular complexity index is 326. The Hall–Kier alpha value is -1.06. The van der Waals surface area contributed by atoms with Crippen LogP contribution in [0, 0.1) is 5.92 Å². The second kappa shape index (κ2) is 7.30. The second-order valence-electron chi connectivity index (χ2n) is 4.65. The fourth-order valence-electron chi connectivity index (χ4n) is 2.00. The highest BCUT2D eigenvalue weighted by molar-refractivity contribution is 5.28. The molecule has 2 N–H and O–H groups in total. The Kier molecular flexibility index (Phi) is 6.01. The van der Waals surface area contributed by atoms with E-state index in [1.54, 1.807) is 0 Å². The molecule has 0 amide bonds. The van der Waals surface area contributed by atoms with E-state index < -0.39 is 0 Å². The molecule has 1 unspecified atom stereocenters. The quantitative estimate of drug-likeness (QED) is 0.784. The predicted octanol–water partition coefficient (Wildman–Crippen LogP) is 1.76. The smallest absolute Gasteiger partial charge is 0.119 e. The van der Waals surface area contributed by atoms with Gasteiger partial charge in [0.05, 0.1) is 6.61 Å². The molecule has 96 valence electrons. The lowest BCUT2D eigenvalue weighted by Gasteiger charge is -2.19. The highest BCUT2D eigenvalue weighted by atomic mass is 16.5. The summed E-state index contributed by atoms with van der Waals surface area (Å²) in [6, 6.07) is 8.29. The van der Waals surface area contributed by atoms with E-state index in [2.05, 4.69) is 31.1 Å². The molecular formula is C14H24N2O. The third-order valence-corrected chi connectivity index (χ3v) is 2.69. The lowest BCUT2D eigenvalue weighted by Crippen LogP contribution is -2.29. The van der Waals surface area contributed by atoms with E-state index >= 15 is 0 Å². The first-order valence-electron chi connectivity index (χ1n) is 6.22. The van der Waals surface area contributed by atoms with Crippen LogP contribution in [0.25, 0.3) is 0 Å². The summed E-state index contributed by atoms with van der Waals surface area (Å²) in [5, 5.41) is 0. The highest BCUT2D eigenvalue weighted by Gasteiger charge is 2.09. The van der Waals surface area contributed by atoms with Gasteiger partial charge in [0.25, 0.3) is 0 Å². The Morgan fingerprint density at radius 3 is 2.71 bits per heavy atom. The fraction of sp³-hybridized carbons (Fsp3) is 0.571. The van der Waals surface area contributed by atoms with Crippen LogP contribution in [0.4, 0.5) is 0 Å². The summed E-state index contributed by atoms with van der Waals surface area (Å²) in [5.41, 5.74) is 7.11. The summed E-state index contributed by atoms with van der Waals surface area (Å²) in [4.78, 5) is 2.18. The van der Waals surface area contributed by atoms with Gasteiger partial charge in [-0.15, -0.1) is 0 Å². The van der Waals surface area contributed by atoms with Crippen molar-refractivity contribution in [2.24, 2.45) is 11.7 Å². The van der Waals surface area contributed by atoms with Gasteiger partial charge in [-0.1, -0.05) is 12.1 Å². The van der Waals surface area contributed by atoms with Gasteiger partial charge >= 0.3 is 0 Å². The molecule has 0 saturated heterocycles. The van der Waals surface area contributed by atoms with Crippen LogP contribution in [0.1, 0.15) is 12.5 Å². The van der Waals surface area contributed by atoms with Crippen LogP contribution in [-0.4, -0.2) is 38.7 Å². The molecule has 1 aromatic carbocycles. The van der Waals surface area contributed by atoms with Crippen LogP contribution in [-0.2, 0) is 6.42 Å². The van der Waals surface area contributed by atoms with Gasteiger partial charge in [0, 0.05) is 6.54 Å². The Morgan fingerprint density at radius 2 is 2.12 bits per heavy atom. The fourth-order valence-corrected chi connectivity index (χ4v) is 2.00. The summed E-state index contributed by atoms with van der Waals surface area (Å²) in [6.45, 7) is 4.45. The molecule has 3 nitrogen and oxygen atoms in total. The molecule has 1 atom stereocenters. The zero-order valence-corrected chi connectivity index (χ0v) is 11.1. The SMILES string of the molecule is CCOc1cccc(CC(CN)CN(C)C)c1. The molecule has 0 heterocycles. The Balaban J connectivity index is 2.62. The average molecular weight is 236 g/mol. The van der Waals surface area contributed by atoms with Gasteiger partial charge in [-0.25, -0.2) is 0 Å². The van der Waals surface area contributed by atoms with Crippen LogP contribution in [0.15, 0.2) is 24.3 Å². The van der Waals surface area contributed by atoms with Gasteiger partial charge in [-0.3, -0.25) is 0 Å².